The normalized spacial score (nSPS) is 10.3. The maximum absolute atomic E-state index is 12.9. The van der Waals surface area contributed by atoms with Crippen molar-refractivity contribution in [1.82, 2.24) is 0 Å². The zero-order valence-corrected chi connectivity index (χ0v) is 14.5. The fourth-order valence-electron chi connectivity index (χ4n) is 2.64. The van der Waals surface area contributed by atoms with Gasteiger partial charge in [0.15, 0.2) is 17.3 Å². The molecule has 0 aliphatic rings. The van der Waals surface area contributed by atoms with Crippen LogP contribution in [0.1, 0.15) is 12.0 Å². The Morgan fingerprint density at radius 3 is 2.58 bits per heavy atom. The second-order valence-electron chi connectivity index (χ2n) is 5.48. The Bertz CT molecular complexity index is 1050. The van der Waals surface area contributed by atoms with Crippen molar-refractivity contribution in [3.8, 4) is 34.7 Å². The van der Waals surface area contributed by atoms with Gasteiger partial charge in [-0.2, -0.15) is 0 Å². The zero-order valence-electron chi connectivity index (χ0n) is 14.5. The molecule has 0 radical (unpaired) electrons. The number of ether oxygens (including phenoxy) is 2. The molecule has 0 aliphatic carbocycles. The molecule has 5 nitrogen and oxygen atoms in total. The van der Waals surface area contributed by atoms with Gasteiger partial charge in [-0.25, -0.2) is 0 Å². The molecular formula is C21H18O5. The molecule has 0 fully saturated rings. The number of hydrogen-bond acceptors (Lipinski definition) is 5. The van der Waals surface area contributed by atoms with Gasteiger partial charge in [0.1, 0.15) is 11.1 Å². The lowest BCUT2D eigenvalue weighted by atomic mass is 10.0. The van der Waals surface area contributed by atoms with Crippen LogP contribution in [-0.2, 0) is 0 Å². The van der Waals surface area contributed by atoms with Crippen LogP contribution < -0.4 is 14.9 Å². The first-order valence-electron chi connectivity index (χ1n) is 8.07. The third-order valence-corrected chi connectivity index (χ3v) is 3.89. The first kappa shape index (κ1) is 17.6. The van der Waals surface area contributed by atoms with Crippen LogP contribution in [0.15, 0.2) is 51.7 Å². The fourth-order valence-corrected chi connectivity index (χ4v) is 2.64. The number of rotatable bonds is 4. The number of hydrogen-bond donors (Lipinski definition) is 1. The number of benzene rings is 2. The highest BCUT2D eigenvalue weighted by Gasteiger charge is 2.16. The van der Waals surface area contributed by atoms with Crippen molar-refractivity contribution in [3.63, 3.8) is 0 Å². The Kier molecular flexibility index (Phi) is 5.26. The minimum Gasteiger partial charge on any atom is -0.493 e. The fraction of sp³-hybridized carbons (Fsp3) is 0.190. The zero-order chi connectivity index (χ0) is 18.5. The van der Waals surface area contributed by atoms with Crippen molar-refractivity contribution in [2.45, 2.75) is 6.42 Å². The van der Waals surface area contributed by atoms with Gasteiger partial charge in [-0.1, -0.05) is 24.0 Å². The molecule has 0 spiro atoms. The van der Waals surface area contributed by atoms with Crippen molar-refractivity contribution in [1.29, 1.82) is 0 Å². The van der Waals surface area contributed by atoms with Crippen LogP contribution in [0.5, 0.6) is 11.5 Å². The number of fused-ring (bicyclic) bond motifs is 1. The maximum Gasteiger partial charge on any atom is 0.208 e. The molecule has 26 heavy (non-hydrogen) atoms. The van der Waals surface area contributed by atoms with E-state index in [-0.39, 0.29) is 24.0 Å². The second-order valence-corrected chi connectivity index (χ2v) is 5.48. The van der Waals surface area contributed by atoms with E-state index in [1.807, 2.05) is 0 Å². The van der Waals surface area contributed by atoms with Crippen LogP contribution in [0.25, 0.3) is 22.3 Å². The first-order chi connectivity index (χ1) is 12.7. The number of aliphatic hydroxyl groups is 1. The van der Waals surface area contributed by atoms with Crippen molar-refractivity contribution >= 4 is 11.0 Å². The molecule has 0 unspecified atom stereocenters. The molecule has 0 amide bonds. The van der Waals surface area contributed by atoms with E-state index in [9.17, 15) is 4.79 Å². The van der Waals surface area contributed by atoms with Crippen LogP contribution >= 0.6 is 0 Å². The summed E-state index contributed by atoms with van der Waals surface area (Å²) in [4.78, 5) is 12.9. The van der Waals surface area contributed by atoms with E-state index in [2.05, 4.69) is 11.8 Å². The Balaban J connectivity index is 2.29. The summed E-state index contributed by atoms with van der Waals surface area (Å²) in [6.45, 7) is -0.0718. The molecule has 1 N–H and O–H groups in total. The summed E-state index contributed by atoms with van der Waals surface area (Å²) in [6, 6.07) is 12.3. The summed E-state index contributed by atoms with van der Waals surface area (Å²) in [5.74, 6) is 7.11. The van der Waals surface area contributed by atoms with Crippen LogP contribution in [-0.4, -0.2) is 25.9 Å². The van der Waals surface area contributed by atoms with Crippen molar-refractivity contribution in [2.75, 3.05) is 20.8 Å². The van der Waals surface area contributed by atoms with E-state index in [4.69, 9.17) is 19.0 Å². The van der Waals surface area contributed by atoms with Gasteiger partial charge < -0.3 is 19.0 Å². The van der Waals surface area contributed by atoms with Gasteiger partial charge >= 0.3 is 0 Å². The van der Waals surface area contributed by atoms with E-state index in [1.165, 1.54) is 0 Å². The predicted molar refractivity (Wildman–Crippen MR) is 99.6 cm³/mol. The van der Waals surface area contributed by atoms with Crippen molar-refractivity contribution in [2.24, 2.45) is 0 Å². The first-order valence-corrected chi connectivity index (χ1v) is 8.07. The molecule has 0 saturated heterocycles. The van der Waals surface area contributed by atoms with Gasteiger partial charge in [0, 0.05) is 12.0 Å². The average Bonchev–Trinajstić information content (AvgIpc) is 2.69. The lowest BCUT2D eigenvalue weighted by Gasteiger charge is -2.11. The summed E-state index contributed by atoms with van der Waals surface area (Å²) in [7, 11) is 3.10. The highest BCUT2D eigenvalue weighted by Crippen LogP contribution is 2.34. The molecule has 132 valence electrons. The van der Waals surface area contributed by atoms with Gasteiger partial charge in [-0.3, -0.25) is 4.79 Å². The minimum absolute atomic E-state index is 0.0718. The largest absolute Gasteiger partial charge is 0.493 e. The van der Waals surface area contributed by atoms with Crippen LogP contribution in [0, 0.1) is 11.8 Å². The molecule has 1 heterocycles. The van der Waals surface area contributed by atoms with Gasteiger partial charge in [0.05, 0.1) is 26.2 Å². The Morgan fingerprint density at radius 1 is 1.08 bits per heavy atom. The molecule has 0 aliphatic heterocycles. The Labute approximate surface area is 150 Å². The molecule has 3 rings (SSSR count). The molecule has 0 bridgehead atoms. The van der Waals surface area contributed by atoms with Gasteiger partial charge in [-0.05, 0) is 30.3 Å². The summed E-state index contributed by atoms with van der Waals surface area (Å²) in [5, 5.41) is 9.43. The molecular weight excluding hydrogens is 332 g/mol. The van der Waals surface area contributed by atoms with Crippen LogP contribution in [0.3, 0.4) is 0 Å². The van der Waals surface area contributed by atoms with Crippen molar-refractivity contribution in [3.05, 3.63) is 58.3 Å². The topological polar surface area (TPSA) is 68.9 Å². The lowest BCUT2D eigenvalue weighted by Crippen LogP contribution is -2.08. The molecule has 3 aromatic rings. The predicted octanol–water partition coefficient (Wildman–Crippen LogP) is 3.21. The molecule has 1 aromatic heterocycles. The third-order valence-electron chi connectivity index (χ3n) is 3.89. The number of methoxy groups -OCH3 is 2. The number of aliphatic hydroxyl groups excluding tert-OH is 1. The van der Waals surface area contributed by atoms with Gasteiger partial charge in [0.25, 0.3) is 0 Å². The van der Waals surface area contributed by atoms with E-state index >= 15 is 0 Å². The monoisotopic (exact) mass is 350 g/mol. The average molecular weight is 350 g/mol. The van der Waals surface area contributed by atoms with Crippen LogP contribution in [0.4, 0.5) is 0 Å². The lowest BCUT2D eigenvalue weighted by molar-refractivity contribution is 0.305. The highest BCUT2D eigenvalue weighted by molar-refractivity contribution is 5.82. The third kappa shape index (κ3) is 3.28. The smallest absolute Gasteiger partial charge is 0.208 e. The molecule has 0 atom stereocenters. The quantitative estimate of drug-likeness (QED) is 0.732. The van der Waals surface area contributed by atoms with E-state index in [1.54, 1.807) is 56.7 Å². The van der Waals surface area contributed by atoms with E-state index < -0.39 is 0 Å². The minimum atomic E-state index is -0.206. The highest BCUT2D eigenvalue weighted by atomic mass is 16.5. The Morgan fingerprint density at radius 2 is 1.85 bits per heavy atom. The van der Waals surface area contributed by atoms with E-state index in [0.29, 0.717) is 33.8 Å². The summed E-state index contributed by atoms with van der Waals surface area (Å²) < 4.78 is 16.6. The summed E-state index contributed by atoms with van der Waals surface area (Å²) >= 11 is 0. The van der Waals surface area contributed by atoms with Gasteiger partial charge in [-0.15, -0.1) is 0 Å². The SMILES string of the molecule is COc1ccc(-c2oc3ccccc3c(=O)c2C#CCCO)cc1OC. The number of para-hydroxylation sites is 1. The van der Waals surface area contributed by atoms with Gasteiger partial charge in [0.2, 0.25) is 5.43 Å². The molecule has 0 saturated carbocycles. The standard InChI is InChI=1S/C21H18O5/c1-24-18-11-10-14(13-19(18)25-2)21-16(8-5-6-12-22)20(23)15-7-3-4-9-17(15)26-21/h3-4,7,9-11,13,22H,6,12H2,1-2H3. The summed E-state index contributed by atoms with van der Waals surface area (Å²) in [5.41, 5.74) is 1.18. The molecule has 2 aromatic carbocycles. The summed E-state index contributed by atoms with van der Waals surface area (Å²) in [6.07, 6.45) is 0.275. The second kappa shape index (κ2) is 7.77. The molecule has 5 heteroatoms. The maximum atomic E-state index is 12.9. The van der Waals surface area contributed by atoms with E-state index in [0.717, 1.165) is 0 Å². The van der Waals surface area contributed by atoms with Crippen LogP contribution in [0.2, 0.25) is 0 Å². The Hall–Kier alpha value is -3.23. The van der Waals surface area contributed by atoms with Crippen molar-refractivity contribution < 1.29 is 19.0 Å².